The number of anilines is 1. The zero-order chi connectivity index (χ0) is 27.9. The summed E-state index contributed by atoms with van der Waals surface area (Å²) in [6, 6.07) is 20.4. The van der Waals surface area contributed by atoms with E-state index in [0.29, 0.717) is 11.6 Å². The molecule has 1 atom stereocenters. The highest BCUT2D eigenvalue weighted by Gasteiger charge is 2.33. The molecule has 0 radical (unpaired) electrons. The second-order valence-electron chi connectivity index (χ2n) is 8.91. The quantitative estimate of drug-likeness (QED) is 0.354. The summed E-state index contributed by atoms with van der Waals surface area (Å²) in [5.74, 6) is -0.870. The van der Waals surface area contributed by atoms with E-state index < -0.39 is 28.5 Å². The van der Waals surface area contributed by atoms with E-state index in [2.05, 4.69) is 5.32 Å². The molecular weight excluding hydrogens is 545 g/mol. The molecular formula is C28H31Cl2N3O4S. The van der Waals surface area contributed by atoms with Crippen molar-refractivity contribution in [3.63, 3.8) is 0 Å². The Hall–Kier alpha value is -3.07. The van der Waals surface area contributed by atoms with Crippen LogP contribution in [0.25, 0.3) is 0 Å². The fraction of sp³-hybridized carbons (Fsp3) is 0.286. The molecule has 202 valence electrons. The third kappa shape index (κ3) is 7.72. The predicted molar refractivity (Wildman–Crippen MR) is 153 cm³/mol. The third-order valence-corrected chi connectivity index (χ3v) is 7.75. The Morgan fingerprint density at radius 1 is 0.974 bits per heavy atom. The Morgan fingerprint density at radius 3 is 2.24 bits per heavy atom. The summed E-state index contributed by atoms with van der Waals surface area (Å²) >= 11 is 12.3. The number of nitrogens with one attached hydrogen (secondary N) is 1. The molecule has 3 aromatic carbocycles. The second-order valence-corrected chi connectivity index (χ2v) is 11.7. The maximum absolute atomic E-state index is 14.0. The highest BCUT2D eigenvalue weighted by Crippen LogP contribution is 2.30. The molecule has 3 rings (SSSR count). The second kappa shape index (κ2) is 13.1. The summed E-state index contributed by atoms with van der Waals surface area (Å²) < 4.78 is 26.6. The highest BCUT2D eigenvalue weighted by atomic mass is 35.5. The molecule has 1 N–H and O–H groups in total. The van der Waals surface area contributed by atoms with Gasteiger partial charge in [-0.05, 0) is 48.7 Å². The van der Waals surface area contributed by atoms with Crippen molar-refractivity contribution in [2.45, 2.75) is 32.9 Å². The third-order valence-electron chi connectivity index (χ3n) is 6.08. The summed E-state index contributed by atoms with van der Waals surface area (Å²) in [6.07, 6.45) is 1.26. The van der Waals surface area contributed by atoms with Gasteiger partial charge in [0.05, 0.1) is 17.0 Å². The molecule has 2 amide bonds. The molecule has 7 nitrogen and oxygen atoms in total. The van der Waals surface area contributed by atoms with Crippen LogP contribution in [0.1, 0.15) is 23.6 Å². The first-order chi connectivity index (χ1) is 18.0. The largest absolute Gasteiger partial charge is 0.355 e. The van der Waals surface area contributed by atoms with Crippen LogP contribution in [0.2, 0.25) is 10.0 Å². The molecule has 0 bridgehead atoms. The molecule has 0 aliphatic heterocycles. The van der Waals surface area contributed by atoms with Crippen molar-refractivity contribution in [1.29, 1.82) is 0 Å². The Kier molecular flexibility index (Phi) is 10.2. The SMILES string of the molecule is CCNC(=O)C(Cc1ccccc1)N(Cc1ccccc1C)C(=O)CN(c1ccc(Cl)cc1Cl)S(C)(=O)=O. The van der Waals surface area contributed by atoms with Crippen LogP contribution >= 0.6 is 23.2 Å². The van der Waals surface area contributed by atoms with Crippen molar-refractivity contribution in [2.75, 3.05) is 23.7 Å². The molecule has 3 aromatic rings. The zero-order valence-corrected chi connectivity index (χ0v) is 23.9. The van der Waals surface area contributed by atoms with E-state index in [9.17, 15) is 18.0 Å². The van der Waals surface area contributed by atoms with Gasteiger partial charge < -0.3 is 10.2 Å². The number of amides is 2. The van der Waals surface area contributed by atoms with Crippen LogP contribution < -0.4 is 9.62 Å². The van der Waals surface area contributed by atoms with Gasteiger partial charge in [0, 0.05) is 24.5 Å². The Labute approximate surface area is 234 Å². The molecule has 1 unspecified atom stereocenters. The van der Waals surface area contributed by atoms with Crippen LogP contribution in [0.4, 0.5) is 5.69 Å². The fourth-order valence-corrected chi connectivity index (χ4v) is 5.52. The lowest BCUT2D eigenvalue weighted by Crippen LogP contribution is -2.53. The molecule has 0 spiro atoms. The monoisotopic (exact) mass is 575 g/mol. The zero-order valence-electron chi connectivity index (χ0n) is 21.5. The van der Waals surface area contributed by atoms with Crippen molar-refractivity contribution in [3.05, 3.63) is 99.5 Å². The molecule has 0 heterocycles. The van der Waals surface area contributed by atoms with Crippen LogP contribution in [0, 0.1) is 6.92 Å². The molecule has 0 aliphatic rings. The van der Waals surface area contributed by atoms with Crippen LogP contribution in [-0.2, 0) is 32.6 Å². The number of sulfonamides is 1. The maximum atomic E-state index is 14.0. The minimum atomic E-state index is -3.92. The number of hydrogen-bond acceptors (Lipinski definition) is 4. The number of benzene rings is 3. The van der Waals surface area contributed by atoms with Gasteiger partial charge in [0.15, 0.2) is 0 Å². The summed E-state index contributed by atoms with van der Waals surface area (Å²) in [6.45, 7) is 3.68. The number of hydrogen-bond donors (Lipinski definition) is 1. The summed E-state index contributed by atoms with van der Waals surface area (Å²) in [7, 11) is -3.92. The summed E-state index contributed by atoms with van der Waals surface area (Å²) in [5, 5.41) is 3.25. The maximum Gasteiger partial charge on any atom is 0.244 e. The number of carbonyl (C=O) groups is 2. The van der Waals surface area contributed by atoms with Gasteiger partial charge in [-0.3, -0.25) is 13.9 Å². The van der Waals surface area contributed by atoms with E-state index in [1.165, 1.54) is 23.1 Å². The smallest absolute Gasteiger partial charge is 0.244 e. The van der Waals surface area contributed by atoms with Gasteiger partial charge in [-0.25, -0.2) is 8.42 Å². The first-order valence-electron chi connectivity index (χ1n) is 12.1. The lowest BCUT2D eigenvalue weighted by Gasteiger charge is -2.34. The number of nitrogens with zero attached hydrogens (tertiary/aromatic N) is 2. The van der Waals surface area contributed by atoms with Crippen molar-refractivity contribution in [2.24, 2.45) is 0 Å². The highest BCUT2D eigenvalue weighted by molar-refractivity contribution is 7.92. The average Bonchev–Trinajstić information content (AvgIpc) is 2.86. The standard InChI is InChI=1S/C28H31Cl2N3O4S/c1-4-31-28(35)26(16-21-11-6-5-7-12-21)32(18-22-13-9-8-10-20(22)2)27(34)19-33(38(3,36)37)25-15-14-23(29)17-24(25)30/h5-15,17,26H,4,16,18-19H2,1-3H3,(H,31,35). The van der Waals surface area contributed by atoms with E-state index in [0.717, 1.165) is 27.3 Å². The Morgan fingerprint density at radius 2 is 1.63 bits per heavy atom. The van der Waals surface area contributed by atoms with E-state index in [1.54, 1.807) is 6.92 Å². The predicted octanol–water partition coefficient (Wildman–Crippen LogP) is 4.84. The molecule has 0 aliphatic carbocycles. The van der Waals surface area contributed by atoms with Gasteiger partial charge >= 0.3 is 0 Å². The molecule has 10 heteroatoms. The van der Waals surface area contributed by atoms with Crippen LogP contribution in [0.3, 0.4) is 0 Å². The van der Waals surface area contributed by atoms with Gasteiger partial charge in [-0.1, -0.05) is 77.8 Å². The molecule has 38 heavy (non-hydrogen) atoms. The van der Waals surface area contributed by atoms with E-state index >= 15 is 0 Å². The van der Waals surface area contributed by atoms with Crippen LogP contribution in [-0.4, -0.2) is 50.5 Å². The number of carbonyl (C=O) groups excluding carboxylic acids is 2. The minimum Gasteiger partial charge on any atom is -0.355 e. The van der Waals surface area contributed by atoms with Gasteiger partial charge in [-0.15, -0.1) is 0 Å². The van der Waals surface area contributed by atoms with E-state index in [4.69, 9.17) is 23.2 Å². The molecule has 0 saturated carbocycles. The Balaban J connectivity index is 2.07. The van der Waals surface area contributed by atoms with Gasteiger partial charge in [0.2, 0.25) is 21.8 Å². The topological polar surface area (TPSA) is 86.8 Å². The lowest BCUT2D eigenvalue weighted by atomic mass is 10.0. The summed E-state index contributed by atoms with van der Waals surface area (Å²) in [5.41, 5.74) is 2.78. The van der Waals surface area contributed by atoms with Crippen LogP contribution in [0.15, 0.2) is 72.8 Å². The minimum absolute atomic E-state index is 0.0886. The van der Waals surface area contributed by atoms with Gasteiger partial charge in [-0.2, -0.15) is 0 Å². The van der Waals surface area contributed by atoms with Crippen molar-refractivity contribution in [3.8, 4) is 0 Å². The van der Waals surface area contributed by atoms with Crippen molar-refractivity contribution < 1.29 is 18.0 Å². The number of likely N-dealkylation sites (N-methyl/N-ethyl adjacent to an activating group) is 1. The molecule has 0 fully saturated rings. The lowest BCUT2D eigenvalue weighted by molar-refractivity contribution is -0.140. The van der Waals surface area contributed by atoms with Crippen molar-refractivity contribution >= 4 is 50.7 Å². The fourth-order valence-electron chi connectivity index (χ4n) is 4.10. The Bertz CT molecular complexity index is 1380. The van der Waals surface area contributed by atoms with E-state index in [-0.39, 0.29) is 29.6 Å². The van der Waals surface area contributed by atoms with Gasteiger partial charge in [0.25, 0.3) is 0 Å². The number of rotatable bonds is 11. The first kappa shape index (κ1) is 29.5. The van der Waals surface area contributed by atoms with Crippen LogP contribution in [0.5, 0.6) is 0 Å². The number of aryl methyl sites for hydroxylation is 1. The van der Waals surface area contributed by atoms with Crippen molar-refractivity contribution in [1.82, 2.24) is 10.2 Å². The van der Waals surface area contributed by atoms with E-state index in [1.807, 2.05) is 61.5 Å². The molecule has 0 saturated heterocycles. The molecule has 0 aromatic heterocycles. The summed E-state index contributed by atoms with van der Waals surface area (Å²) in [4.78, 5) is 28.8. The first-order valence-corrected chi connectivity index (χ1v) is 14.7. The number of halogens is 2. The normalized spacial score (nSPS) is 12.0. The average molecular weight is 577 g/mol. The van der Waals surface area contributed by atoms with Gasteiger partial charge in [0.1, 0.15) is 12.6 Å².